The van der Waals surface area contributed by atoms with Crippen LogP contribution >= 0.6 is 0 Å². The molecule has 6 nitrogen and oxygen atoms in total. The molecule has 0 radical (unpaired) electrons. The molecule has 2 amide bonds. The summed E-state index contributed by atoms with van der Waals surface area (Å²) in [6.07, 6.45) is 4.81. The molecular formula is C15H27N3O3. The molecule has 6 heteroatoms. The van der Waals surface area contributed by atoms with Gasteiger partial charge in [-0.15, -0.1) is 0 Å². The van der Waals surface area contributed by atoms with Crippen LogP contribution in [0.1, 0.15) is 32.1 Å². The van der Waals surface area contributed by atoms with Gasteiger partial charge in [-0.3, -0.25) is 9.59 Å². The van der Waals surface area contributed by atoms with Crippen LogP contribution in [0.15, 0.2) is 0 Å². The van der Waals surface area contributed by atoms with Crippen molar-refractivity contribution >= 4 is 11.8 Å². The molecule has 2 unspecified atom stereocenters. The van der Waals surface area contributed by atoms with Crippen molar-refractivity contribution in [2.24, 2.45) is 17.6 Å². The molecule has 0 aromatic rings. The highest BCUT2D eigenvalue weighted by Gasteiger charge is 2.35. The maximum absolute atomic E-state index is 12.6. The van der Waals surface area contributed by atoms with Gasteiger partial charge in [0.1, 0.15) is 6.61 Å². The first-order valence-corrected chi connectivity index (χ1v) is 7.92. The van der Waals surface area contributed by atoms with Crippen LogP contribution in [0, 0.1) is 11.8 Å². The zero-order chi connectivity index (χ0) is 15.2. The second-order valence-corrected chi connectivity index (χ2v) is 6.13. The smallest absolute Gasteiger partial charge is 0.246 e. The lowest BCUT2D eigenvalue weighted by atomic mass is 9.93. The summed E-state index contributed by atoms with van der Waals surface area (Å²) in [5.41, 5.74) is 5.77. The lowest BCUT2D eigenvalue weighted by molar-refractivity contribution is -0.137. The predicted molar refractivity (Wildman–Crippen MR) is 79.5 cm³/mol. The topological polar surface area (TPSA) is 84.7 Å². The number of piperidine rings is 1. The summed E-state index contributed by atoms with van der Waals surface area (Å²) in [5, 5.41) is 2.95. The van der Waals surface area contributed by atoms with Gasteiger partial charge < -0.3 is 20.7 Å². The Morgan fingerprint density at radius 3 is 2.57 bits per heavy atom. The van der Waals surface area contributed by atoms with Crippen LogP contribution in [-0.2, 0) is 14.3 Å². The molecule has 0 spiro atoms. The third-order valence-corrected chi connectivity index (χ3v) is 4.73. The highest BCUT2D eigenvalue weighted by Crippen LogP contribution is 2.33. The summed E-state index contributed by atoms with van der Waals surface area (Å²) >= 11 is 0. The fraction of sp³-hybridized carbons (Fsp3) is 0.867. The van der Waals surface area contributed by atoms with Crippen LogP contribution in [0.3, 0.4) is 0 Å². The number of methoxy groups -OCH3 is 1. The number of nitrogens with zero attached hydrogens (tertiary/aromatic N) is 1. The van der Waals surface area contributed by atoms with Crippen LogP contribution in [0.2, 0.25) is 0 Å². The Balaban J connectivity index is 1.78. The van der Waals surface area contributed by atoms with E-state index in [1.54, 1.807) is 0 Å². The minimum atomic E-state index is -0.0822. The molecule has 1 aliphatic carbocycles. The zero-order valence-electron chi connectivity index (χ0n) is 12.8. The van der Waals surface area contributed by atoms with Crippen molar-refractivity contribution in [1.29, 1.82) is 0 Å². The minimum Gasteiger partial charge on any atom is -0.375 e. The Hall–Kier alpha value is -1.14. The summed E-state index contributed by atoms with van der Waals surface area (Å²) in [6.45, 7) is 2.16. The van der Waals surface area contributed by atoms with E-state index in [-0.39, 0.29) is 30.4 Å². The SMILES string of the molecule is COCC(=O)NC1CCN(C(=O)C2CCCC2CN)CC1. The minimum absolute atomic E-state index is 0.0822. The monoisotopic (exact) mass is 297 g/mol. The number of ether oxygens (including phenoxy) is 1. The van der Waals surface area contributed by atoms with E-state index in [2.05, 4.69) is 5.32 Å². The maximum Gasteiger partial charge on any atom is 0.246 e. The predicted octanol–water partition coefficient (Wildman–Crippen LogP) is 0.115. The number of likely N-dealkylation sites (tertiary alicyclic amines) is 1. The standard InChI is InChI=1S/C15H27N3O3/c1-21-10-14(19)17-12-5-7-18(8-6-12)15(20)13-4-2-3-11(13)9-16/h11-13H,2-10,16H2,1H3,(H,17,19). The zero-order valence-corrected chi connectivity index (χ0v) is 12.8. The first kappa shape index (κ1) is 16.2. The van der Waals surface area contributed by atoms with Crippen LogP contribution in [0.5, 0.6) is 0 Å². The summed E-state index contributed by atoms with van der Waals surface area (Å²) in [5.74, 6) is 0.664. The van der Waals surface area contributed by atoms with Gasteiger partial charge in [-0.1, -0.05) is 6.42 Å². The number of carbonyl (C=O) groups is 2. The average molecular weight is 297 g/mol. The Kier molecular flexibility index (Phi) is 5.99. The van der Waals surface area contributed by atoms with Crippen molar-refractivity contribution in [1.82, 2.24) is 10.2 Å². The van der Waals surface area contributed by atoms with Crippen LogP contribution < -0.4 is 11.1 Å². The number of amides is 2. The summed E-state index contributed by atoms with van der Waals surface area (Å²) in [7, 11) is 1.51. The normalized spacial score (nSPS) is 26.9. The molecule has 1 saturated carbocycles. The number of nitrogens with one attached hydrogen (secondary N) is 1. The largest absolute Gasteiger partial charge is 0.375 e. The molecule has 2 fully saturated rings. The average Bonchev–Trinajstić information content (AvgIpc) is 2.96. The fourth-order valence-electron chi connectivity index (χ4n) is 3.52. The van der Waals surface area contributed by atoms with Gasteiger partial charge in [0.05, 0.1) is 0 Å². The van der Waals surface area contributed by atoms with Gasteiger partial charge in [-0.05, 0) is 38.1 Å². The Labute approximate surface area is 126 Å². The lowest BCUT2D eigenvalue weighted by Gasteiger charge is -2.35. The van der Waals surface area contributed by atoms with E-state index in [0.29, 0.717) is 12.5 Å². The molecule has 2 aliphatic rings. The number of nitrogens with two attached hydrogens (primary N) is 1. The van der Waals surface area contributed by atoms with Gasteiger partial charge in [0.25, 0.3) is 0 Å². The molecule has 120 valence electrons. The van der Waals surface area contributed by atoms with E-state index >= 15 is 0 Å². The molecule has 0 bridgehead atoms. The Morgan fingerprint density at radius 1 is 1.24 bits per heavy atom. The third-order valence-electron chi connectivity index (χ3n) is 4.73. The van der Waals surface area contributed by atoms with Gasteiger partial charge in [0.2, 0.25) is 11.8 Å². The number of rotatable bonds is 5. The maximum atomic E-state index is 12.6. The highest BCUT2D eigenvalue weighted by molar-refractivity contribution is 5.80. The van der Waals surface area contributed by atoms with Crippen molar-refractivity contribution < 1.29 is 14.3 Å². The van der Waals surface area contributed by atoms with E-state index < -0.39 is 0 Å². The Morgan fingerprint density at radius 2 is 1.95 bits per heavy atom. The van der Waals surface area contributed by atoms with E-state index in [9.17, 15) is 9.59 Å². The van der Waals surface area contributed by atoms with Gasteiger partial charge in [-0.2, -0.15) is 0 Å². The molecular weight excluding hydrogens is 270 g/mol. The van der Waals surface area contributed by atoms with Crippen LogP contribution in [0.25, 0.3) is 0 Å². The van der Waals surface area contributed by atoms with Gasteiger partial charge in [0, 0.05) is 32.2 Å². The van der Waals surface area contributed by atoms with E-state index in [1.807, 2.05) is 4.90 Å². The van der Waals surface area contributed by atoms with Crippen LogP contribution in [-0.4, -0.2) is 56.1 Å². The van der Waals surface area contributed by atoms with Crippen molar-refractivity contribution in [2.75, 3.05) is 33.4 Å². The summed E-state index contributed by atoms with van der Waals surface area (Å²) in [6, 6.07) is 0.158. The van der Waals surface area contributed by atoms with Gasteiger partial charge >= 0.3 is 0 Å². The first-order chi connectivity index (χ1) is 10.2. The van der Waals surface area contributed by atoms with Crippen molar-refractivity contribution in [3.05, 3.63) is 0 Å². The van der Waals surface area contributed by atoms with Crippen molar-refractivity contribution in [3.8, 4) is 0 Å². The summed E-state index contributed by atoms with van der Waals surface area (Å²) < 4.78 is 4.81. The highest BCUT2D eigenvalue weighted by atomic mass is 16.5. The molecule has 0 aromatic heterocycles. The first-order valence-electron chi connectivity index (χ1n) is 7.92. The van der Waals surface area contributed by atoms with Crippen LogP contribution in [0.4, 0.5) is 0 Å². The Bertz CT molecular complexity index is 367. The fourth-order valence-corrected chi connectivity index (χ4v) is 3.52. The van der Waals surface area contributed by atoms with Crippen molar-refractivity contribution in [3.63, 3.8) is 0 Å². The molecule has 1 aliphatic heterocycles. The van der Waals surface area contributed by atoms with Gasteiger partial charge in [-0.25, -0.2) is 0 Å². The molecule has 1 heterocycles. The van der Waals surface area contributed by atoms with E-state index in [4.69, 9.17) is 10.5 Å². The molecule has 2 rings (SSSR count). The van der Waals surface area contributed by atoms with Crippen molar-refractivity contribution in [2.45, 2.75) is 38.1 Å². The molecule has 2 atom stereocenters. The quantitative estimate of drug-likeness (QED) is 0.754. The second-order valence-electron chi connectivity index (χ2n) is 6.13. The molecule has 0 aromatic carbocycles. The number of carbonyl (C=O) groups excluding carboxylic acids is 2. The number of hydrogen-bond acceptors (Lipinski definition) is 4. The lowest BCUT2D eigenvalue weighted by Crippen LogP contribution is -2.49. The number of hydrogen-bond donors (Lipinski definition) is 2. The summed E-state index contributed by atoms with van der Waals surface area (Å²) in [4.78, 5) is 26.0. The second kappa shape index (κ2) is 7.75. The van der Waals surface area contributed by atoms with E-state index in [0.717, 1.165) is 45.2 Å². The molecule has 21 heavy (non-hydrogen) atoms. The van der Waals surface area contributed by atoms with Gasteiger partial charge in [0.15, 0.2) is 0 Å². The third kappa shape index (κ3) is 4.17. The molecule has 3 N–H and O–H groups in total. The van der Waals surface area contributed by atoms with E-state index in [1.165, 1.54) is 7.11 Å². The molecule has 1 saturated heterocycles.